The van der Waals surface area contributed by atoms with Gasteiger partial charge < -0.3 is 34.4 Å². The fourth-order valence-corrected chi connectivity index (χ4v) is 9.45. The summed E-state index contributed by atoms with van der Waals surface area (Å²) in [5.41, 5.74) is 4.26. The van der Waals surface area contributed by atoms with Gasteiger partial charge in [-0.05, 0) is 127 Å². The van der Waals surface area contributed by atoms with Gasteiger partial charge in [0.05, 0.1) is 0 Å². The number of nitrogens with zero attached hydrogens (tertiary/aromatic N) is 4. The third-order valence-corrected chi connectivity index (χ3v) is 12.8. The van der Waals surface area contributed by atoms with Gasteiger partial charge in [-0.15, -0.1) is 0 Å². The van der Waals surface area contributed by atoms with Crippen LogP contribution in [0.2, 0.25) is 0 Å². The lowest BCUT2D eigenvalue weighted by atomic mass is 9.85. The summed E-state index contributed by atoms with van der Waals surface area (Å²) in [6.07, 6.45) is -1.77. The van der Waals surface area contributed by atoms with Crippen LogP contribution >= 0.6 is 0 Å². The average molecular weight is 916 g/mol. The van der Waals surface area contributed by atoms with Crippen LogP contribution in [0, 0.1) is 13.8 Å². The van der Waals surface area contributed by atoms with Crippen molar-refractivity contribution in [3.8, 4) is 11.1 Å². The summed E-state index contributed by atoms with van der Waals surface area (Å²) in [4.78, 5) is 83.2. The lowest BCUT2D eigenvalue weighted by Crippen LogP contribution is -2.60. The van der Waals surface area contributed by atoms with Crippen LogP contribution in [0.3, 0.4) is 0 Å². The number of carboxylic acid groups (broad SMARTS) is 1. The molecule has 1 aliphatic carbocycles. The van der Waals surface area contributed by atoms with Crippen molar-refractivity contribution < 1.29 is 48.1 Å². The number of imide groups is 4. The molecule has 3 heterocycles. The highest BCUT2D eigenvalue weighted by molar-refractivity contribution is 6.21. The highest BCUT2D eigenvalue weighted by atomic mass is 16.6. The third kappa shape index (κ3) is 9.96. The van der Waals surface area contributed by atoms with Crippen LogP contribution in [0.1, 0.15) is 95.4 Å². The molecule has 6 amide bonds. The number of rotatable bonds is 6. The maximum atomic E-state index is 13.5. The normalized spacial score (nSPS) is 17.6. The van der Waals surface area contributed by atoms with Crippen molar-refractivity contribution in [2.45, 2.75) is 109 Å². The lowest BCUT2D eigenvalue weighted by molar-refractivity contribution is -0.145. The number of urea groups is 1. The van der Waals surface area contributed by atoms with E-state index in [4.69, 9.17) is 14.2 Å². The highest BCUT2D eigenvalue weighted by Gasteiger charge is 2.64. The molecule has 4 aliphatic rings. The molecular formula is C52H61N5O10. The molecule has 0 atom stereocenters. The Morgan fingerprint density at radius 2 is 1.07 bits per heavy atom. The number of hydrogen-bond acceptors (Lipinski definition) is 11. The number of para-hydroxylation sites is 2. The second-order valence-electron chi connectivity index (χ2n) is 19.6. The fourth-order valence-electron chi connectivity index (χ4n) is 9.45. The number of alkyl carbamates (subject to hydrolysis) is 1. The summed E-state index contributed by atoms with van der Waals surface area (Å²) in [7, 11) is 0. The molecule has 8 rings (SSSR count). The summed E-state index contributed by atoms with van der Waals surface area (Å²) in [6.45, 7) is 16.1. The zero-order chi connectivity index (χ0) is 48.5. The Kier molecular flexibility index (Phi) is 13.5. The van der Waals surface area contributed by atoms with Crippen molar-refractivity contribution >= 4 is 47.6 Å². The minimum absolute atomic E-state index is 0.0677. The van der Waals surface area contributed by atoms with Crippen LogP contribution in [0.4, 0.5) is 30.6 Å². The molecule has 3 saturated heterocycles. The quantitative estimate of drug-likeness (QED) is 0.139. The standard InChI is InChI=1S/C28H28N2O4.C24H33N3O6/c1-19-8-2-7-13-25(19)30-16-14-28(15-17-30,26(31)32)29-27(33)34-18-24-22-11-5-3-9-20(22)21-10-4-6-12-23(21)24;1-16-10-8-9-11-17(16)25-14-12-24(13-15-25)18(28)26(20(30)32-22(2,3)4)19(29)27(24)21(31)33-23(5,6)7/h2-13,24H,14-18H2,1H3,(H,29,33)(H,31,32);8-11H,12-15H2,1-7H3. The van der Waals surface area contributed by atoms with E-state index in [1.165, 1.54) is 0 Å². The van der Waals surface area contributed by atoms with E-state index >= 15 is 0 Å². The molecule has 0 radical (unpaired) electrons. The Morgan fingerprint density at radius 3 is 1.54 bits per heavy atom. The number of carbonyl (C=O) groups is 6. The summed E-state index contributed by atoms with van der Waals surface area (Å²) in [5.74, 6) is -1.84. The van der Waals surface area contributed by atoms with Gasteiger partial charge in [-0.25, -0.2) is 28.9 Å². The van der Waals surface area contributed by atoms with Gasteiger partial charge >= 0.3 is 30.3 Å². The van der Waals surface area contributed by atoms with E-state index in [0.717, 1.165) is 49.7 Å². The van der Waals surface area contributed by atoms with Crippen LogP contribution in [-0.2, 0) is 23.8 Å². The Balaban J connectivity index is 0.000000199. The summed E-state index contributed by atoms with van der Waals surface area (Å²) in [6, 6.07) is 31.2. The van der Waals surface area contributed by atoms with Crippen molar-refractivity contribution in [1.29, 1.82) is 0 Å². The van der Waals surface area contributed by atoms with Crippen LogP contribution in [-0.4, -0.2) is 106 Å². The smallest absolute Gasteiger partial charge is 0.425 e. The largest absolute Gasteiger partial charge is 0.480 e. The molecule has 354 valence electrons. The Bertz CT molecular complexity index is 2500. The molecule has 3 aliphatic heterocycles. The van der Waals surface area contributed by atoms with Crippen molar-refractivity contribution in [3.05, 3.63) is 119 Å². The van der Waals surface area contributed by atoms with Gasteiger partial charge in [0.2, 0.25) is 0 Å². The van der Waals surface area contributed by atoms with Crippen LogP contribution < -0.4 is 15.1 Å². The first-order valence-electron chi connectivity index (χ1n) is 22.8. The predicted octanol–water partition coefficient (Wildman–Crippen LogP) is 9.43. The van der Waals surface area contributed by atoms with Crippen molar-refractivity contribution in [1.82, 2.24) is 15.1 Å². The molecule has 4 aromatic rings. The minimum Gasteiger partial charge on any atom is -0.480 e. The number of hydrogen-bond donors (Lipinski definition) is 2. The molecule has 2 N–H and O–H groups in total. The monoisotopic (exact) mass is 915 g/mol. The van der Waals surface area contributed by atoms with Crippen molar-refractivity contribution in [3.63, 3.8) is 0 Å². The number of ether oxygens (including phenoxy) is 3. The average Bonchev–Trinajstić information content (AvgIpc) is 3.70. The van der Waals surface area contributed by atoms with Crippen LogP contribution in [0.25, 0.3) is 11.1 Å². The van der Waals surface area contributed by atoms with Gasteiger partial charge in [0.1, 0.15) is 28.9 Å². The Labute approximate surface area is 391 Å². The number of carbonyl (C=O) groups excluding carboxylic acids is 5. The SMILES string of the molecule is Cc1ccccc1N1CCC(NC(=O)OCC2c3ccccc3-c3ccccc32)(C(=O)O)CC1.Cc1ccccc1N1CCC2(CC1)C(=O)N(C(=O)OC(C)(C)C)C(=O)N2C(=O)OC(C)(C)C. The zero-order valence-electron chi connectivity index (χ0n) is 39.6. The van der Waals surface area contributed by atoms with Crippen LogP contribution in [0.5, 0.6) is 0 Å². The van der Waals surface area contributed by atoms with Gasteiger partial charge in [-0.1, -0.05) is 84.9 Å². The predicted molar refractivity (Wildman–Crippen MR) is 253 cm³/mol. The van der Waals surface area contributed by atoms with Crippen molar-refractivity contribution in [2.75, 3.05) is 42.6 Å². The molecule has 67 heavy (non-hydrogen) atoms. The lowest BCUT2D eigenvalue weighted by Gasteiger charge is -2.42. The molecule has 15 heteroatoms. The van der Waals surface area contributed by atoms with Gasteiger partial charge in [-0.2, -0.15) is 4.90 Å². The van der Waals surface area contributed by atoms with Gasteiger partial charge in [0.15, 0.2) is 0 Å². The maximum Gasteiger partial charge on any atom is 0.425 e. The van der Waals surface area contributed by atoms with E-state index < -0.39 is 58.5 Å². The number of benzene rings is 4. The number of anilines is 2. The molecule has 3 fully saturated rings. The minimum atomic E-state index is -1.50. The number of fused-ring (bicyclic) bond motifs is 3. The molecule has 0 unspecified atom stereocenters. The second kappa shape index (κ2) is 18.8. The topological polar surface area (TPSA) is 175 Å². The second-order valence-corrected chi connectivity index (χ2v) is 19.6. The first kappa shape index (κ1) is 48.0. The Morgan fingerprint density at radius 1 is 0.642 bits per heavy atom. The summed E-state index contributed by atoms with van der Waals surface area (Å²) >= 11 is 0. The third-order valence-electron chi connectivity index (χ3n) is 12.8. The zero-order valence-corrected chi connectivity index (χ0v) is 39.6. The fraction of sp³-hybridized carbons (Fsp3) is 0.423. The van der Waals surface area contributed by atoms with E-state index in [-0.39, 0.29) is 25.4 Å². The molecule has 15 nitrogen and oxygen atoms in total. The summed E-state index contributed by atoms with van der Waals surface area (Å²) in [5, 5.41) is 12.7. The van der Waals surface area contributed by atoms with Gasteiger partial charge in [0, 0.05) is 43.5 Å². The Hall–Kier alpha value is -6.90. The van der Waals surface area contributed by atoms with E-state index in [1.54, 1.807) is 41.5 Å². The van der Waals surface area contributed by atoms with E-state index in [1.807, 2.05) is 86.6 Å². The molecule has 0 bridgehead atoms. The molecule has 0 saturated carbocycles. The molecular weight excluding hydrogens is 855 g/mol. The van der Waals surface area contributed by atoms with Crippen molar-refractivity contribution in [2.24, 2.45) is 0 Å². The number of aliphatic carboxylic acids is 1. The van der Waals surface area contributed by atoms with Gasteiger partial charge in [0.25, 0.3) is 5.91 Å². The molecule has 1 spiro atoms. The number of amides is 6. The van der Waals surface area contributed by atoms with E-state index in [9.17, 15) is 33.9 Å². The molecule has 4 aromatic carbocycles. The number of nitrogens with one attached hydrogen (secondary N) is 1. The van der Waals surface area contributed by atoms with E-state index in [0.29, 0.717) is 43.9 Å². The number of piperidine rings is 2. The molecule has 0 aromatic heterocycles. The first-order valence-corrected chi connectivity index (χ1v) is 22.8. The van der Waals surface area contributed by atoms with Gasteiger partial charge in [-0.3, -0.25) is 4.79 Å². The highest BCUT2D eigenvalue weighted by Crippen LogP contribution is 2.45. The van der Waals surface area contributed by atoms with Crippen LogP contribution in [0.15, 0.2) is 97.1 Å². The number of aryl methyl sites for hydroxylation is 2. The number of carboxylic acids is 1. The summed E-state index contributed by atoms with van der Waals surface area (Å²) < 4.78 is 16.4. The first-order chi connectivity index (χ1) is 31.6. The van der Waals surface area contributed by atoms with E-state index in [2.05, 4.69) is 39.4 Å². The maximum absolute atomic E-state index is 13.5.